The molecule has 1 fully saturated rings. The van der Waals surface area contributed by atoms with E-state index >= 15 is 0 Å². The molecule has 0 spiro atoms. The molecule has 1 N–H and O–H groups in total. The predicted molar refractivity (Wildman–Crippen MR) is 64.3 cm³/mol. The molecule has 1 aromatic carbocycles. The number of piperidine rings is 1. The number of rotatable bonds is 3. The van der Waals surface area contributed by atoms with Crippen molar-refractivity contribution in [2.24, 2.45) is 0 Å². The molecule has 1 aromatic rings. The summed E-state index contributed by atoms with van der Waals surface area (Å²) in [7, 11) is 0. The number of nitrogens with one attached hydrogen (secondary N) is 1. The lowest BCUT2D eigenvalue weighted by molar-refractivity contribution is -0.906. The van der Waals surface area contributed by atoms with Crippen LogP contribution in [0.15, 0.2) is 30.3 Å². The molecule has 0 saturated carbocycles. The maximum atomic E-state index is 2.36. The Hall–Kier alpha value is -0.820. The van der Waals surface area contributed by atoms with Crippen molar-refractivity contribution in [3.05, 3.63) is 35.9 Å². The predicted octanol–water partition coefficient (Wildman–Crippen LogP) is 1.86. The van der Waals surface area contributed by atoms with Crippen molar-refractivity contribution in [1.82, 2.24) is 0 Å². The third kappa shape index (κ3) is 3.07. The lowest BCUT2D eigenvalue weighted by Crippen LogP contribution is -3.13. The topological polar surface area (TPSA) is 4.44 Å². The quantitative estimate of drug-likeness (QED) is 0.766. The van der Waals surface area contributed by atoms with Crippen molar-refractivity contribution in [3.8, 4) is 0 Å². The second-order valence-electron chi connectivity index (χ2n) is 4.83. The first-order valence-electron chi connectivity index (χ1n) is 6.25. The molecule has 1 saturated heterocycles. The highest BCUT2D eigenvalue weighted by atomic mass is 15.1. The van der Waals surface area contributed by atoms with Crippen LogP contribution in [0.25, 0.3) is 0 Å². The molecule has 0 aromatic heterocycles. The van der Waals surface area contributed by atoms with Crippen molar-refractivity contribution in [1.29, 1.82) is 0 Å². The molecule has 0 amide bonds. The van der Waals surface area contributed by atoms with E-state index in [2.05, 4.69) is 37.3 Å². The van der Waals surface area contributed by atoms with Gasteiger partial charge in [-0.1, -0.05) is 37.3 Å². The van der Waals surface area contributed by atoms with Crippen LogP contribution in [0.4, 0.5) is 0 Å². The van der Waals surface area contributed by atoms with Crippen LogP contribution in [0.1, 0.15) is 37.7 Å². The Morgan fingerprint density at radius 3 is 2.40 bits per heavy atom. The summed E-state index contributed by atoms with van der Waals surface area (Å²) in [4.78, 5) is 1.80. The molecule has 82 valence electrons. The van der Waals surface area contributed by atoms with E-state index in [4.69, 9.17) is 0 Å². The standard InChI is InChI=1S/C14H21N/c1-13(14-8-4-2-5-9-14)12-15-10-6-3-7-11-15/h2,4-5,8-9,13H,3,6-7,10-12H2,1H3/p+1/t13-/m1/s1. The fourth-order valence-electron chi connectivity index (χ4n) is 2.59. The van der Waals surface area contributed by atoms with Crippen molar-refractivity contribution < 1.29 is 4.90 Å². The van der Waals surface area contributed by atoms with Gasteiger partial charge in [0.1, 0.15) is 0 Å². The summed E-state index contributed by atoms with van der Waals surface area (Å²) in [6.07, 6.45) is 4.30. The molecule has 0 unspecified atom stereocenters. The molecular formula is C14H22N+. The number of hydrogen-bond acceptors (Lipinski definition) is 0. The molecule has 1 aliphatic rings. The summed E-state index contributed by atoms with van der Waals surface area (Å²) < 4.78 is 0. The van der Waals surface area contributed by atoms with E-state index in [1.807, 2.05) is 0 Å². The van der Waals surface area contributed by atoms with Crippen LogP contribution in [0.5, 0.6) is 0 Å². The van der Waals surface area contributed by atoms with E-state index in [0.29, 0.717) is 5.92 Å². The maximum absolute atomic E-state index is 2.36. The van der Waals surface area contributed by atoms with E-state index in [1.54, 1.807) is 4.90 Å². The van der Waals surface area contributed by atoms with E-state index < -0.39 is 0 Å². The van der Waals surface area contributed by atoms with Crippen LogP contribution in [0, 0.1) is 0 Å². The van der Waals surface area contributed by atoms with Crippen LogP contribution in [0.3, 0.4) is 0 Å². The third-order valence-corrected chi connectivity index (χ3v) is 3.52. The zero-order valence-corrected chi connectivity index (χ0v) is 9.71. The first kappa shape index (κ1) is 10.7. The molecule has 0 bridgehead atoms. The number of quaternary nitrogens is 1. The Morgan fingerprint density at radius 2 is 1.73 bits per heavy atom. The highest BCUT2D eigenvalue weighted by Crippen LogP contribution is 2.12. The number of likely N-dealkylation sites (tertiary alicyclic amines) is 1. The Bertz CT molecular complexity index is 275. The minimum absolute atomic E-state index is 0.708. The summed E-state index contributed by atoms with van der Waals surface area (Å²) in [6.45, 7) is 6.44. The van der Waals surface area contributed by atoms with E-state index in [0.717, 1.165) is 0 Å². The van der Waals surface area contributed by atoms with Gasteiger partial charge in [0.15, 0.2) is 0 Å². The first-order chi connectivity index (χ1) is 7.36. The Labute approximate surface area is 93.1 Å². The molecule has 1 atom stereocenters. The van der Waals surface area contributed by atoms with Crippen LogP contribution < -0.4 is 4.90 Å². The second-order valence-corrected chi connectivity index (χ2v) is 4.83. The lowest BCUT2D eigenvalue weighted by Gasteiger charge is -2.26. The van der Waals surface area contributed by atoms with Gasteiger partial charge in [-0.3, -0.25) is 0 Å². The summed E-state index contributed by atoms with van der Waals surface area (Å²) in [6, 6.07) is 10.9. The zero-order chi connectivity index (χ0) is 10.5. The Balaban J connectivity index is 1.88. The van der Waals surface area contributed by atoms with Gasteiger partial charge in [0.05, 0.1) is 19.6 Å². The van der Waals surface area contributed by atoms with E-state index in [1.165, 1.54) is 44.5 Å². The Morgan fingerprint density at radius 1 is 1.07 bits per heavy atom. The van der Waals surface area contributed by atoms with Gasteiger partial charge < -0.3 is 4.90 Å². The molecule has 1 heterocycles. The van der Waals surface area contributed by atoms with E-state index in [9.17, 15) is 0 Å². The largest absolute Gasteiger partial charge is 0.334 e. The van der Waals surface area contributed by atoms with Gasteiger partial charge in [-0.05, 0) is 24.8 Å². The Kier molecular flexibility index (Phi) is 3.79. The summed E-state index contributed by atoms with van der Waals surface area (Å²) >= 11 is 0. The van der Waals surface area contributed by atoms with Crippen molar-refractivity contribution in [3.63, 3.8) is 0 Å². The van der Waals surface area contributed by atoms with Crippen LogP contribution >= 0.6 is 0 Å². The van der Waals surface area contributed by atoms with Gasteiger partial charge in [0, 0.05) is 5.92 Å². The molecule has 0 aliphatic carbocycles. The van der Waals surface area contributed by atoms with Crippen LogP contribution in [0.2, 0.25) is 0 Å². The van der Waals surface area contributed by atoms with Crippen LogP contribution in [-0.2, 0) is 0 Å². The van der Waals surface area contributed by atoms with Gasteiger partial charge in [0.25, 0.3) is 0 Å². The van der Waals surface area contributed by atoms with Gasteiger partial charge >= 0.3 is 0 Å². The molecule has 1 nitrogen and oxygen atoms in total. The summed E-state index contributed by atoms with van der Waals surface area (Å²) in [5.41, 5.74) is 1.50. The monoisotopic (exact) mass is 204 g/mol. The smallest absolute Gasteiger partial charge is 0.0837 e. The average molecular weight is 204 g/mol. The summed E-state index contributed by atoms with van der Waals surface area (Å²) in [5, 5.41) is 0. The van der Waals surface area contributed by atoms with Crippen molar-refractivity contribution in [2.45, 2.75) is 32.1 Å². The second kappa shape index (κ2) is 5.32. The fourth-order valence-corrected chi connectivity index (χ4v) is 2.59. The minimum atomic E-state index is 0.708. The maximum Gasteiger partial charge on any atom is 0.0837 e. The van der Waals surface area contributed by atoms with Gasteiger partial charge in [-0.15, -0.1) is 0 Å². The van der Waals surface area contributed by atoms with Gasteiger partial charge in [0.2, 0.25) is 0 Å². The number of hydrogen-bond donors (Lipinski definition) is 1. The third-order valence-electron chi connectivity index (χ3n) is 3.52. The molecule has 1 heteroatoms. The normalized spacial score (nSPS) is 20.1. The van der Waals surface area contributed by atoms with Gasteiger partial charge in [-0.25, -0.2) is 0 Å². The molecule has 0 radical (unpaired) electrons. The highest BCUT2D eigenvalue weighted by molar-refractivity contribution is 5.18. The summed E-state index contributed by atoms with van der Waals surface area (Å²) in [5.74, 6) is 0.708. The average Bonchev–Trinajstić information content (AvgIpc) is 2.31. The van der Waals surface area contributed by atoms with Crippen molar-refractivity contribution in [2.75, 3.05) is 19.6 Å². The molecule has 2 rings (SSSR count). The van der Waals surface area contributed by atoms with E-state index in [-0.39, 0.29) is 0 Å². The SMILES string of the molecule is C[C@H](C[NH+]1CCCCC1)c1ccccc1. The first-order valence-corrected chi connectivity index (χ1v) is 6.25. The molecule has 15 heavy (non-hydrogen) atoms. The number of benzene rings is 1. The van der Waals surface area contributed by atoms with Crippen molar-refractivity contribution >= 4 is 0 Å². The van der Waals surface area contributed by atoms with Gasteiger partial charge in [-0.2, -0.15) is 0 Å². The zero-order valence-electron chi connectivity index (χ0n) is 9.71. The fraction of sp³-hybridized carbons (Fsp3) is 0.571. The minimum Gasteiger partial charge on any atom is -0.334 e. The lowest BCUT2D eigenvalue weighted by atomic mass is 9.99. The van der Waals surface area contributed by atoms with Crippen LogP contribution in [-0.4, -0.2) is 19.6 Å². The highest BCUT2D eigenvalue weighted by Gasteiger charge is 2.17. The molecular weight excluding hydrogens is 182 g/mol. The molecule has 1 aliphatic heterocycles.